The molecule has 0 saturated carbocycles. The van der Waals surface area contributed by atoms with Gasteiger partial charge in [-0.3, -0.25) is 0 Å². The predicted molar refractivity (Wildman–Crippen MR) is 57.8 cm³/mol. The van der Waals surface area contributed by atoms with Gasteiger partial charge in [0.05, 0.1) is 0 Å². The SMILES string of the molecule is CC[C@@H](C)c1cc(I)ccc1F. The van der Waals surface area contributed by atoms with Gasteiger partial charge in [-0.15, -0.1) is 0 Å². The molecule has 0 fully saturated rings. The molecular weight excluding hydrogens is 266 g/mol. The van der Waals surface area contributed by atoms with Gasteiger partial charge in [0, 0.05) is 3.57 Å². The highest BCUT2D eigenvalue weighted by molar-refractivity contribution is 14.1. The second-order valence-corrected chi connectivity index (χ2v) is 4.22. The van der Waals surface area contributed by atoms with Crippen LogP contribution < -0.4 is 0 Å². The Kier molecular flexibility index (Phi) is 3.50. The summed E-state index contributed by atoms with van der Waals surface area (Å²) in [5.41, 5.74) is 0.837. The Morgan fingerprint density at radius 2 is 2.17 bits per heavy atom. The summed E-state index contributed by atoms with van der Waals surface area (Å²) in [6, 6.07) is 5.26. The van der Waals surface area contributed by atoms with Gasteiger partial charge in [0.25, 0.3) is 0 Å². The third-order valence-electron chi connectivity index (χ3n) is 2.10. The summed E-state index contributed by atoms with van der Waals surface area (Å²) in [7, 11) is 0. The summed E-state index contributed by atoms with van der Waals surface area (Å²) in [5.74, 6) is 0.240. The van der Waals surface area contributed by atoms with Crippen LogP contribution in [0.2, 0.25) is 0 Å². The molecule has 1 atom stereocenters. The molecule has 1 aromatic rings. The van der Waals surface area contributed by atoms with Crippen LogP contribution in [0.4, 0.5) is 4.39 Å². The van der Waals surface area contributed by atoms with Crippen molar-refractivity contribution < 1.29 is 4.39 Å². The van der Waals surface area contributed by atoms with Crippen molar-refractivity contribution in [3.05, 3.63) is 33.1 Å². The maximum atomic E-state index is 13.2. The molecule has 1 rings (SSSR count). The van der Waals surface area contributed by atoms with Crippen LogP contribution >= 0.6 is 22.6 Å². The fraction of sp³-hybridized carbons (Fsp3) is 0.400. The van der Waals surface area contributed by atoms with Crippen LogP contribution in [0.15, 0.2) is 18.2 Å². The van der Waals surface area contributed by atoms with E-state index in [0.717, 1.165) is 15.6 Å². The molecule has 0 amide bonds. The Bertz CT molecular complexity index is 271. The molecule has 0 aliphatic heterocycles. The van der Waals surface area contributed by atoms with E-state index in [9.17, 15) is 4.39 Å². The highest BCUT2D eigenvalue weighted by Gasteiger charge is 2.08. The topological polar surface area (TPSA) is 0 Å². The summed E-state index contributed by atoms with van der Waals surface area (Å²) in [6.07, 6.45) is 0.983. The van der Waals surface area contributed by atoms with E-state index in [4.69, 9.17) is 0 Å². The van der Waals surface area contributed by atoms with Crippen molar-refractivity contribution in [2.24, 2.45) is 0 Å². The number of benzene rings is 1. The predicted octanol–water partition coefficient (Wildman–Crippen LogP) is 3.94. The van der Waals surface area contributed by atoms with Gasteiger partial charge >= 0.3 is 0 Å². The molecule has 66 valence electrons. The van der Waals surface area contributed by atoms with Gasteiger partial charge in [0.1, 0.15) is 5.82 Å². The van der Waals surface area contributed by atoms with Gasteiger partial charge in [-0.25, -0.2) is 4.39 Å². The summed E-state index contributed by atoms with van der Waals surface area (Å²) in [5, 5.41) is 0. The Hall–Kier alpha value is -0.120. The van der Waals surface area contributed by atoms with Gasteiger partial charge in [0.2, 0.25) is 0 Å². The van der Waals surface area contributed by atoms with Crippen LogP contribution in [0.25, 0.3) is 0 Å². The Labute approximate surface area is 86.3 Å². The third-order valence-corrected chi connectivity index (χ3v) is 2.77. The molecule has 0 bridgehead atoms. The van der Waals surface area contributed by atoms with Crippen LogP contribution in [-0.2, 0) is 0 Å². The van der Waals surface area contributed by atoms with E-state index < -0.39 is 0 Å². The minimum Gasteiger partial charge on any atom is -0.207 e. The minimum absolute atomic E-state index is 0.0789. The molecule has 12 heavy (non-hydrogen) atoms. The highest BCUT2D eigenvalue weighted by Crippen LogP contribution is 2.23. The standard InChI is InChI=1S/C10H12FI/c1-3-7(2)9-6-8(12)4-5-10(9)11/h4-7H,3H2,1-2H3/t7-/m1/s1. The number of rotatable bonds is 2. The van der Waals surface area contributed by atoms with Crippen molar-refractivity contribution in [3.63, 3.8) is 0 Å². The molecule has 0 aliphatic carbocycles. The maximum absolute atomic E-state index is 13.2. The van der Waals surface area contributed by atoms with Crippen LogP contribution in [0.5, 0.6) is 0 Å². The Balaban J connectivity index is 3.04. The number of hydrogen-bond acceptors (Lipinski definition) is 0. The van der Waals surface area contributed by atoms with E-state index in [-0.39, 0.29) is 5.82 Å². The normalized spacial score (nSPS) is 13.0. The average Bonchev–Trinajstić information content (AvgIpc) is 2.08. The fourth-order valence-corrected chi connectivity index (χ4v) is 1.63. The van der Waals surface area contributed by atoms with E-state index >= 15 is 0 Å². The molecule has 0 nitrogen and oxygen atoms in total. The summed E-state index contributed by atoms with van der Waals surface area (Å²) in [6.45, 7) is 4.12. The van der Waals surface area contributed by atoms with E-state index in [0.29, 0.717) is 5.92 Å². The van der Waals surface area contributed by atoms with Crippen LogP contribution in [-0.4, -0.2) is 0 Å². The molecule has 0 aromatic heterocycles. The second-order valence-electron chi connectivity index (χ2n) is 2.98. The van der Waals surface area contributed by atoms with E-state index in [2.05, 4.69) is 36.4 Å². The Morgan fingerprint density at radius 1 is 1.50 bits per heavy atom. The zero-order valence-electron chi connectivity index (χ0n) is 7.27. The minimum atomic E-state index is -0.0789. The molecule has 0 saturated heterocycles. The van der Waals surface area contributed by atoms with Crippen LogP contribution in [0, 0.1) is 9.39 Å². The lowest BCUT2D eigenvalue weighted by atomic mass is 9.98. The second kappa shape index (κ2) is 4.21. The van der Waals surface area contributed by atoms with Crippen LogP contribution in [0.3, 0.4) is 0 Å². The van der Waals surface area contributed by atoms with Crippen molar-refractivity contribution >= 4 is 22.6 Å². The highest BCUT2D eigenvalue weighted by atomic mass is 127. The molecule has 0 N–H and O–H groups in total. The van der Waals surface area contributed by atoms with E-state index in [1.165, 1.54) is 0 Å². The summed E-state index contributed by atoms with van der Waals surface area (Å²) in [4.78, 5) is 0. The van der Waals surface area contributed by atoms with Gasteiger partial charge in [-0.1, -0.05) is 13.8 Å². The maximum Gasteiger partial charge on any atom is 0.126 e. The quantitative estimate of drug-likeness (QED) is 0.719. The van der Waals surface area contributed by atoms with Gasteiger partial charge < -0.3 is 0 Å². The molecular formula is C10H12FI. The largest absolute Gasteiger partial charge is 0.207 e. The molecule has 2 heteroatoms. The van der Waals surface area contributed by atoms with Crippen molar-refractivity contribution in [2.75, 3.05) is 0 Å². The monoisotopic (exact) mass is 278 g/mol. The van der Waals surface area contributed by atoms with E-state index in [1.54, 1.807) is 12.1 Å². The molecule has 0 aliphatic rings. The first-order chi connectivity index (χ1) is 5.65. The van der Waals surface area contributed by atoms with E-state index in [1.807, 2.05) is 6.07 Å². The van der Waals surface area contributed by atoms with Crippen molar-refractivity contribution in [3.8, 4) is 0 Å². The van der Waals surface area contributed by atoms with Crippen molar-refractivity contribution in [1.29, 1.82) is 0 Å². The number of halogens is 2. The van der Waals surface area contributed by atoms with Gasteiger partial charge in [0.15, 0.2) is 0 Å². The lowest BCUT2D eigenvalue weighted by molar-refractivity contribution is 0.583. The summed E-state index contributed by atoms with van der Waals surface area (Å²) < 4.78 is 14.3. The smallest absolute Gasteiger partial charge is 0.126 e. The van der Waals surface area contributed by atoms with Gasteiger partial charge in [-0.05, 0) is 58.7 Å². The zero-order valence-corrected chi connectivity index (χ0v) is 9.43. The van der Waals surface area contributed by atoms with Gasteiger partial charge in [-0.2, -0.15) is 0 Å². The van der Waals surface area contributed by atoms with Crippen LogP contribution in [0.1, 0.15) is 31.7 Å². The lowest BCUT2D eigenvalue weighted by Gasteiger charge is -2.09. The van der Waals surface area contributed by atoms with Crippen molar-refractivity contribution in [1.82, 2.24) is 0 Å². The fourth-order valence-electron chi connectivity index (χ4n) is 1.11. The molecule has 0 heterocycles. The Morgan fingerprint density at radius 3 is 2.75 bits per heavy atom. The molecule has 0 radical (unpaired) electrons. The molecule has 0 unspecified atom stereocenters. The average molecular weight is 278 g/mol. The third kappa shape index (κ3) is 2.19. The first kappa shape index (κ1) is 9.96. The molecule has 1 aromatic carbocycles. The lowest BCUT2D eigenvalue weighted by Crippen LogP contribution is -1.96. The molecule has 0 spiro atoms. The first-order valence-electron chi connectivity index (χ1n) is 4.10. The summed E-state index contributed by atoms with van der Waals surface area (Å²) >= 11 is 2.21. The zero-order chi connectivity index (χ0) is 9.14. The number of hydrogen-bond donors (Lipinski definition) is 0. The van der Waals surface area contributed by atoms with Crippen molar-refractivity contribution in [2.45, 2.75) is 26.2 Å². The first-order valence-corrected chi connectivity index (χ1v) is 5.18.